The average molecular weight is 427 g/mol. The summed E-state index contributed by atoms with van der Waals surface area (Å²) in [7, 11) is 0. The molecule has 2 heterocycles. The number of hydrogen-bond acceptors (Lipinski definition) is 6. The van der Waals surface area contributed by atoms with Gasteiger partial charge < -0.3 is 15.3 Å². The second kappa shape index (κ2) is 9.42. The third-order valence-corrected chi connectivity index (χ3v) is 5.53. The zero-order chi connectivity index (χ0) is 20.1. The zero-order valence-corrected chi connectivity index (χ0v) is 16.5. The molecule has 10 heteroatoms. The monoisotopic (exact) mass is 426 g/mol. The fourth-order valence-corrected chi connectivity index (χ4v) is 3.81. The van der Waals surface area contributed by atoms with Gasteiger partial charge in [-0.05, 0) is 31.0 Å². The molecule has 2 amide bonds. The molecule has 1 saturated heterocycles. The van der Waals surface area contributed by atoms with Crippen molar-refractivity contribution in [2.45, 2.75) is 18.9 Å². The van der Waals surface area contributed by atoms with Gasteiger partial charge in [0, 0.05) is 36.6 Å². The van der Waals surface area contributed by atoms with Gasteiger partial charge in [-0.3, -0.25) is 14.9 Å². The number of nitrogens with zero attached hydrogens (tertiary/aromatic N) is 2. The molecule has 1 aromatic carbocycles. The highest BCUT2D eigenvalue weighted by Crippen LogP contribution is 2.20. The molecule has 0 bridgehead atoms. The number of β-amino-alcohol motifs (C(OH)–C–C–N with tert-alkyl or cyclic N) is 1. The van der Waals surface area contributed by atoms with Crippen LogP contribution in [0.15, 0.2) is 23.6 Å². The Bertz CT molecular complexity index is 855. The van der Waals surface area contributed by atoms with Crippen molar-refractivity contribution in [3.8, 4) is 0 Å². The number of aromatic nitrogens is 1. The van der Waals surface area contributed by atoms with Gasteiger partial charge in [0.05, 0.1) is 11.6 Å². The van der Waals surface area contributed by atoms with Crippen LogP contribution >= 0.6 is 22.9 Å². The van der Waals surface area contributed by atoms with Gasteiger partial charge in [0.1, 0.15) is 11.5 Å². The van der Waals surface area contributed by atoms with Crippen LogP contribution in [0.5, 0.6) is 0 Å². The molecule has 0 saturated carbocycles. The maximum Gasteiger partial charge on any atom is 0.271 e. The van der Waals surface area contributed by atoms with E-state index >= 15 is 0 Å². The second-order valence-electron chi connectivity index (χ2n) is 6.43. The molecule has 0 radical (unpaired) electrons. The number of aliphatic hydroxyl groups excluding tert-OH is 1. The molecule has 7 nitrogen and oxygen atoms in total. The number of aliphatic hydroxyl groups is 1. The smallest absolute Gasteiger partial charge is 0.271 e. The molecule has 2 aromatic rings. The second-order valence-corrected chi connectivity index (χ2v) is 7.70. The van der Waals surface area contributed by atoms with E-state index in [0.29, 0.717) is 6.54 Å². The number of carbonyl (C=O) groups is 2. The van der Waals surface area contributed by atoms with Crippen molar-refractivity contribution in [2.24, 2.45) is 0 Å². The Morgan fingerprint density at radius 2 is 2.07 bits per heavy atom. The van der Waals surface area contributed by atoms with E-state index in [0.717, 1.165) is 43.3 Å². The summed E-state index contributed by atoms with van der Waals surface area (Å²) in [5.74, 6) is -1.38. The maximum absolute atomic E-state index is 13.2. The summed E-state index contributed by atoms with van der Waals surface area (Å²) in [6.45, 7) is 2.43. The van der Waals surface area contributed by atoms with Crippen molar-refractivity contribution >= 4 is 39.9 Å². The van der Waals surface area contributed by atoms with E-state index in [2.05, 4.69) is 20.5 Å². The van der Waals surface area contributed by atoms with Crippen LogP contribution in [0.25, 0.3) is 0 Å². The first-order chi connectivity index (χ1) is 13.5. The number of rotatable bonds is 6. The SMILES string of the molecule is O=C(Nc1nc(C(=O)NC2CCN(CCO)CC2)cs1)c1ccc(F)c(Cl)c1. The van der Waals surface area contributed by atoms with Crippen LogP contribution in [0.2, 0.25) is 5.02 Å². The summed E-state index contributed by atoms with van der Waals surface area (Å²) < 4.78 is 13.2. The highest BCUT2D eigenvalue weighted by molar-refractivity contribution is 7.14. The number of likely N-dealkylation sites (tertiary alicyclic amines) is 1. The van der Waals surface area contributed by atoms with E-state index in [4.69, 9.17) is 16.7 Å². The zero-order valence-electron chi connectivity index (χ0n) is 15.0. The van der Waals surface area contributed by atoms with E-state index in [1.165, 1.54) is 12.1 Å². The minimum Gasteiger partial charge on any atom is -0.395 e. The van der Waals surface area contributed by atoms with E-state index in [1.54, 1.807) is 5.38 Å². The first kappa shape index (κ1) is 20.7. The van der Waals surface area contributed by atoms with Gasteiger partial charge in [-0.25, -0.2) is 9.37 Å². The molecular formula is C18H20ClFN4O3S. The summed E-state index contributed by atoms with van der Waals surface area (Å²) in [5, 5.41) is 16.2. The molecule has 1 fully saturated rings. The third-order valence-electron chi connectivity index (χ3n) is 4.48. The Hall–Kier alpha value is -2.07. The lowest BCUT2D eigenvalue weighted by Crippen LogP contribution is -2.45. The topological polar surface area (TPSA) is 94.6 Å². The Kier molecular flexibility index (Phi) is 6.95. The van der Waals surface area contributed by atoms with Gasteiger partial charge >= 0.3 is 0 Å². The lowest BCUT2D eigenvalue weighted by atomic mass is 10.1. The number of amides is 2. The van der Waals surface area contributed by atoms with Gasteiger partial charge in [0.2, 0.25) is 0 Å². The van der Waals surface area contributed by atoms with Crippen molar-refractivity contribution < 1.29 is 19.1 Å². The summed E-state index contributed by atoms with van der Waals surface area (Å²) in [6.07, 6.45) is 1.62. The molecule has 0 aliphatic carbocycles. The number of nitrogens with one attached hydrogen (secondary N) is 2. The van der Waals surface area contributed by atoms with Gasteiger partial charge in [-0.15, -0.1) is 11.3 Å². The van der Waals surface area contributed by atoms with Crippen molar-refractivity contribution in [2.75, 3.05) is 31.6 Å². The minimum atomic E-state index is -0.603. The van der Waals surface area contributed by atoms with Gasteiger partial charge in [-0.1, -0.05) is 11.6 Å². The number of halogens is 2. The van der Waals surface area contributed by atoms with Crippen LogP contribution in [-0.2, 0) is 0 Å². The highest BCUT2D eigenvalue weighted by atomic mass is 35.5. The molecule has 150 valence electrons. The number of hydrogen-bond donors (Lipinski definition) is 3. The summed E-state index contributed by atoms with van der Waals surface area (Å²) in [6, 6.07) is 3.73. The fourth-order valence-electron chi connectivity index (χ4n) is 2.94. The highest BCUT2D eigenvalue weighted by Gasteiger charge is 2.22. The summed E-state index contributed by atoms with van der Waals surface area (Å²) in [5.41, 5.74) is 0.428. The van der Waals surface area contributed by atoms with Gasteiger partial charge in [0.25, 0.3) is 11.8 Å². The molecule has 1 aromatic heterocycles. The van der Waals surface area contributed by atoms with Crippen LogP contribution in [0.3, 0.4) is 0 Å². The van der Waals surface area contributed by atoms with E-state index in [-0.39, 0.29) is 40.0 Å². The first-order valence-electron chi connectivity index (χ1n) is 8.82. The van der Waals surface area contributed by atoms with E-state index in [1.807, 2.05) is 0 Å². The van der Waals surface area contributed by atoms with Crippen molar-refractivity contribution in [1.82, 2.24) is 15.2 Å². The molecule has 3 rings (SSSR count). The van der Waals surface area contributed by atoms with E-state index in [9.17, 15) is 14.0 Å². The van der Waals surface area contributed by atoms with E-state index < -0.39 is 11.7 Å². The summed E-state index contributed by atoms with van der Waals surface area (Å²) in [4.78, 5) is 30.9. The summed E-state index contributed by atoms with van der Waals surface area (Å²) >= 11 is 6.82. The Morgan fingerprint density at radius 3 is 2.75 bits per heavy atom. The van der Waals surface area contributed by atoms with Gasteiger partial charge in [-0.2, -0.15) is 0 Å². The Morgan fingerprint density at radius 1 is 1.32 bits per heavy atom. The number of piperidine rings is 1. The van der Waals surface area contributed by atoms with Crippen LogP contribution in [0.1, 0.15) is 33.7 Å². The van der Waals surface area contributed by atoms with Crippen LogP contribution in [0.4, 0.5) is 9.52 Å². The van der Waals surface area contributed by atoms with Crippen LogP contribution in [0, 0.1) is 5.82 Å². The molecule has 3 N–H and O–H groups in total. The maximum atomic E-state index is 13.2. The molecular weight excluding hydrogens is 407 g/mol. The number of benzene rings is 1. The Balaban J connectivity index is 1.54. The predicted molar refractivity (Wildman–Crippen MR) is 105 cm³/mol. The molecule has 28 heavy (non-hydrogen) atoms. The fraction of sp³-hybridized carbons (Fsp3) is 0.389. The quantitative estimate of drug-likeness (QED) is 0.659. The molecule has 0 spiro atoms. The largest absolute Gasteiger partial charge is 0.395 e. The lowest BCUT2D eigenvalue weighted by molar-refractivity contribution is 0.0898. The van der Waals surface area contributed by atoms with Crippen molar-refractivity contribution in [3.63, 3.8) is 0 Å². The van der Waals surface area contributed by atoms with Crippen LogP contribution in [-0.4, -0.2) is 59.1 Å². The molecule has 1 aliphatic rings. The Labute approximate surface area is 170 Å². The van der Waals surface area contributed by atoms with Gasteiger partial charge in [0.15, 0.2) is 5.13 Å². The van der Waals surface area contributed by atoms with Crippen LogP contribution < -0.4 is 10.6 Å². The average Bonchev–Trinajstić information content (AvgIpc) is 3.14. The van der Waals surface area contributed by atoms with Crippen molar-refractivity contribution in [1.29, 1.82) is 0 Å². The number of thiazole rings is 1. The predicted octanol–water partition coefficient (Wildman–Crippen LogP) is 2.37. The minimum absolute atomic E-state index is 0.0588. The molecule has 1 aliphatic heterocycles. The number of anilines is 1. The van der Waals surface area contributed by atoms with Crippen molar-refractivity contribution in [3.05, 3.63) is 45.7 Å². The number of carbonyl (C=O) groups excluding carboxylic acids is 2. The third kappa shape index (κ3) is 5.26. The standard InChI is InChI=1S/C18H20ClFN4O3S/c19-13-9-11(1-2-14(13)20)16(26)23-18-22-15(10-28-18)17(27)21-12-3-5-24(6-4-12)7-8-25/h1-2,9-10,12,25H,3-8H2,(H,21,27)(H,22,23,26). The first-order valence-corrected chi connectivity index (χ1v) is 10.1. The normalized spacial score (nSPS) is 15.4. The molecule has 0 unspecified atom stereocenters. The molecule has 0 atom stereocenters. The lowest BCUT2D eigenvalue weighted by Gasteiger charge is -2.31.